The molecule has 1 saturated carbocycles. The largest absolute Gasteiger partial charge is 0.399 e. The predicted octanol–water partition coefficient (Wildman–Crippen LogP) is 5.81. The van der Waals surface area contributed by atoms with Crippen molar-refractivity contribution in [3.63, 3.8) is 0 Å². The minimum absolute atomic E-state index is 0.185. The number of hydrogen-bond donors (Lipinski definition) is 2. The maximum absolute atomic E-state index is 13.6. The number of nitrogen functional groups attached to an aromatic ring is 1. The minimum atomic E-state index is -2.62. The SMILES string of the molecule is Cc1cc(NC(=O)c2ccc(N)cc2C2=CCC3(CC2)CC3)cc(N2CCC(F)(F)CC2)n1. The summed E-state index contributed by atoms with van der Waals surface area (Å²) < 4.78 is 27.1. The van der Waals surface area contributed by atoms with Crippen molar-refractivity contribution in [2.45, 2.75) is 57.8 Å². The molecule has 2 heterocycles. The number of benzene rings is 1. The Kier molecular flexibility index (Phi) is 5.38. The maximum Gasteiger partial charge on any atom is 0.256 e. The number of carbonyl (C=O) groups is 1. The highest BCUT2D eigenvalue weighted by atomic mass is 19.3. The monoisotopic (exact) mass is 452 g/mol. The van der Waals surface area contributed by atoms with Gasteiger partial charge in [0.15, 0.2) is 0 Å². The number of rotatable bonds is 4. The molecule has 0 bridgehead atoms. The van der Waals surface area contributed by atoms with Crippen LogP contribution in [0.2, 0.25) is 0 Å². The summed E-state index contributed by atoms with van der Waals surface area (Å²) in [7, 11) is 0. The molecule has 1 saturated heterocycles. The molecule has 2 aromatic rings. The van der Waals surface area contributed by atoms with Gasteiger partial charge in [-0.25, -0.2) is 13.8 Å². The number of alkyl halides is 2. The zero-order valence-electron chi connectivity index (χ0n) is 19.0. The number of nitrogens with one attached hydrogen (secondary N) is 1. The summed E-state index contributed by atoms with van der Waals surface area (Å²) in [5.41, 5.74) is 11.2. The molecule has 3 N–H and O–H groups in total. The van der Waals surface area contributed by atoms with E-state index in [4.69, 9.17) is 5.73 Å². The van der Waals surface area contributed by atoms with Crippen LogP contribution in [0, 0.1) is 12.3 Å². The quantitative estimate of drug-likeness (QED) is 0.575. The van der Waals surface area contributed by atoms with Crippen molar-refractivity contribution in [1.82, 2.24) is 4.98 Å². The number of pyridine rings is 1. The van der Waals surface area contributed by atoms with E-state index in [1.54, 1.807) is 24.3 Å². The standard InChI is InChI=1S/C26H30F2N4O/c1-17-14-20(16-23(30-17)32-12-10-26(27,28)11-13-32)31-24(33)21-3-2-19(29)15-22(21)18-4-6-25(7-5-18)8-9-25/h2-4,14-16H,5-13,29H2,1H3,(H,30,31,33). The van der Waals surface area contributed by atoms with E-state index in [0.29, 0.717) is 28.2 Å². The molecule has 33 heavy (non-hydrogen) atoms. The minimum Gasteiger partial charge on any atom is -0.399 e. The normalized spacial score (nSPS) is 20.9. The average molecular weight is 453 g/mol. The summed E-state index contributed by atoms with van der Waals surface area (Å²) in [6.07, 6.45) is 7.71. The van der Waals surface area contributed by atoms with E-state index in [1.165, 1.54) is 18.4 Å². The fraction of sp³-hybridized carbons (Fsp3) is 0.462. The summed E-state index contributed by atoms with van der Waals surface area (Å²) >= 11 is 0. The van der Waals surface area contributed by atoms with Gasteiger partial charge in [-0.3, -0.25) is 4.79 Å². The van der Waals surface area contributed by atoms with Gasteiger partial charge in [0.25, 0.3) is 11.8 Å². The Morgan fingerprint density at radius 3 is 2.52 bits per heavy atom. The molecular weight excluding hydrogens is 422 g/mol. The van der Waals surface area contributed by atoms with Crippen molar-refractivity contribution in [3.8, 4) is 0 Å². The van der Waals surface area contributed by atoms with Crippen LogP contribution in [0.15, 0.2) is 36.4 Å². The topological polar surface area (TPSA) is 71.2 Å². The first-order valence-corrected chi connectivity index (χ1v) is 11.7. The van der Waals surface area contributed by atoms with Crippen molar-refractivity contribution in [1.29, 1.82) is 0 Å². The number of hydrogen-bond acceptors (Lipinski definition) is 4. The summed E-state index contributed by atoms with van der Waals surface area (Å²) in [6.45, 7) is 2.33. The molecule has 5 nitrogen and oxygen atoms in total. The van der Waals surface area contributed by atoms with Crippen LogP contribution < -0.4 is 16.0 Å². The highest BCUT2D eigenvalue weighted by Gasteiger charge is 2.43. The van der Waals surface area contributed by atoms with Crippen LogP contribution in [0.5, 0.6) is 0 Å². The molecule has 1 aromatic carbocycles. The highest BCUT2D eigenvalue weighted by molar-refractivity contribution is 6.08. The molecule has 1 aromatic heterocycles. The van der Waals surface area contributed by atoms with Crippen LogP contribution in [0.25, 0.3) is 5.57 Å². The third-order valence-corrected chi connectivity index (χ3v) is 7.31. The summed E-state index contributed by atoms with van der Waals surface area (Å²) in [6, 6.07) is 8.99. The first-order chi connectivity index (χ1) is 15.7. The lowest BCUT2D eigenvalue weighted by Gasteiger charge is -2.32. The Morgan fingerprint density at radius 2 is 1.85 bits per heavy atom. The van der Waals surface area contributed by atoms with Crippen molar-refractivity contribution in [2.24, 2.45) is 5.41 Å². The number of amides is 1. The molecule has 1 amide bonds. The van der Waals surface area contributed by atoms with Crippen LogP contribution >= 0.6 is 0 Å². The van der Waals surface area contributed by atoms with E-state index >= 15 is 0 Å². The smallest absolute Gasteiger partial charge is 0.256 e. The molecule has 5 rings (SSSR count). The van der Waals surface area contributed by atoms with Gasteiger partial charge < -0.3 is 16.0 Å². The molecule has 0 atom stereocenters. The Balaban J connectivity index is 1.37. The maximum atomic E-state index is 13.6. The number of aryl methyl sites for hydroxylation is 1. The van der Waals surface area contributed by atoms with Crippen LogP contribution in [-0.2, 0) is 0 Å². The second-order valence-corrected chi connectivity index (χ2v) is 9.89. The summed E-state index contributed by atoms with van der Waals surface area (Å²) in [5.74, 6) is -2.21. The van der Waals surface area contributed by atoms with Gasteiger partial charge in [-0.1, -0.05) is 6.08 Å². The number of nitrogens with two attached hydrogens (primary N) is 1. The number of piperidine rings is 1. The Bertz CT molecular complexity index is 1110. The molecule has 2 fully saturated rings. The Hall–Kier alpha value is -2.96. The number of nitrogens with zero attached hydrogens (tertiary/aromatic N) is 2. The van der Waals surface area contributed by atoms with Crippen molar-refractivity contribution in [3.05, 3.63) is 53.2 Å². The van der Waals surface area contributed by atoms with Gasteiger partial charge in [-0.05, 0) is 79.8 Å². The van der Waals surface area contributed by atoms with Crippen molar-refractivity contribution in [2.75, 3.05) is 29.0 Å². The molecule has 0 unspecified atom stereocenters. The van der Waals surface area contributed by atoms with Crippen LogP contribution in [0.1, 0.15) is 66.6 Å². The van der Waals surface area contributed by atoms with Gasteiger partial charge in [0.05, 0.1) is 0 Å². The fourth-order valence-electron chi connectivity index (χ4n) is 4.99. The number of anilines is 3. The second-order valence-electron chi connectivity index (χ2n) is 9.89. The first-order valence-electron chi connectivity index (χ1n) is 11.7. The van der Waals surface area contributed by atoms with Gasteiger partial charge in [0, 0.05) is 54.6 Å². The van der Waals surface area contributed by atoms with Gasteiger partial charge in [-0.15, -0.1) is 0 Å². The van der Waals surface area contributed by atoms with Crippen molar-refractivity contribution < 1.29 is 13.6 Å². The molecule has 0 radical (unpaired) electrons. The lowest BCUT2D eigenvalue weighted by Crippen LogP contribution is -2.39. The number of halogens is 2. The predicted molar refractivity (Wildman–Crippen MR) is 128 cm³/mol. The lowest BCUT2D eigenvalue weighted by atomic mass is 9.83. The first kappa shape index (κ1) is 21.9. The van der Waals surface area contributed by atoms with Gasteiger partial charge in [0.2, 0.25) is 0 Å². The van der Waals surface area contributed by atoms with E-state index in [2.05, 4.69) is 16.4 Å². The average Bonchev–Trinajstić information content (AvgIpc) is 3.52. The summed E-state index contributed by atoms with van der Waals surface area (Å²) in [5, 5.41) is 3.00. The highest BCUT2D eigenvalue weighted by Crippen LogP contribution is 2.56. The van der Waals surface area contributed by atoms with Crippen LogP contribution in [0.3, 0.4) is 0 Å². The number of carbonyl (C=O) groups excluding carboxylic acids is 1. The second kappa shape index (κ2) is 8.12. The molecule has 1 aliphatic heterocycles. The zero-order chi connectivity index (χ0) is 23.2. The molecule has 7 heteroatoms. The summed E-state index contributed by atoms with van der Waals surface area (Å²) in [4.78, 5) is 19.7. The van der Waals surface area contributed by atoms with Gasteiger partial charge in [-0.2, -0.15) is 0 Å². The van der Waals surface area contributed by atoms with E-state index in [9.17, 15) is 13.6 Å². The third kappa shape index (κ3) is 4.72. The van der Waals surface area contributed by atoms with Crippen LogP contribution in [-0.4, -0.2) is 29.9 Å². The van der Waals surface area contributed by atoms with Crippen molar-refractivity contribution >= 4 is 28.7 Å². The molecular formula is C26H30F2N4O. The van der Waals surface area contributed by atoms with E-state index < -0.39 is 5.92 Å². The molecule has 174 valence electrons. The van der Waals surface area contributed by atoms with Crippen LogP contribution in [0.4, 0.5) is 26.0 Å². The Morgan fingerprint density at radius 1 is 1.09 bits per heavy atom. The van der Waals surface area contributed by atoms with Gasteiger partial charge in [0.1, 0.15) is 5.82 Å². The van der Waals surface area contributed by atoms with E-state index in [-0.39, 0.29) is 31.8 Å². The molecule has 2 aliphatic carbocycles. The fourth-order valence-corrected chi connectivity index (χ4v) is 4.99. The van der Waals surface area contributed by atoms with E-state index in [0.717, 1.165) is 30.5 Å². The lowest BCUT2D eigenvalue weighted by molar-refractivity contribution is -0.0221. The molecule has 1 spiro atoms. The zero-order valence-corrected chi connectivity index (χ0v) is 19.0. The van der Waals surface area contributed by atoms with Gasteiger partial charge >= 0.3 is 0 Å². The number of aromatic nitrogens is 1. The molecule has 3 aliphatic rings. The number of allylic oxidation sites excluding steroid dienone is 2. The Labute approximate surface area is 193 Å². The third-order valence-electron chi connectivity index (χ3n) is 7.31. The van der Waals surface area contributed by atoms with E-state index in [1.807, 2.05) is 17.9 Å².